The standard InChI is InChI=1S/C20H22FNO4/c1-22(13-15-7-5-6-8-16(15)21)19(23)10-9-14-11-17(24-2)20(26-4)18(12-14)25-3/h5-12H,13H2,1-4H3/b10-9+. The Morgan fingerprint density at radius 2 is 1.69 bits per heavy atom. The zero-order valence-corrected chi connectivity index (χ0v) is 15.3. The first-order valence-electron chi connectivity index (χ1n) is 7.96. The molecule has 1 amide bonds. The molecule has 0 N–H and O–H groups in total. The van der Waals surface area contributed by atoms with Gasteiger partial charge in [0.15, 0.2) is 11.5 Å². The highest BCUT2D eigenvalue weighted by molar-refractivity contribution is 5.91. The molecular weight excluding hydrogens is 337 g/mol. The molecule has 2 aromatic rings. The number of nitrogens with zero attached hydrogens (tertiary/aromatic N) is 1. The molecule has 0 spiro atoms. The maximum atomic E-state index is 13.7. The van der Waals surface area contributed by atoms with Crippen LogP contribution in [0.4, 0.5) is 4.39 Å². The van der Waals surface area contributed by atoms with Gasteiger partial charge < -0.3 is 19.1 Å². The minimum atomic E-state index is -0.333. The van der Waals surface area contributed by atoms with Crippen LogP contribution in [0.15, 0.2) is 42.5 Å². The number of rotatable bonds is 7. The molecule has 0 aliphatic carbocycles. The van der Waals surface area contributed by atoms with Crippen LogP contribution in [0.25, 0.3) is 6.08 Å². The van der Waals surface area contributed by atoms with E-state index in [1.807, 2.05) is 0 Å². The minimum Gasteiger partial charge on any atom is -0.493 e. The highest BCUT2D eigenvalue weighted by atomic mass is 19.1. The second-order valence-electron chi connectivity index (χ2n) is 5.58. The third-order valence-electron chi connectivity index (χ3n) is 3.85. The molecule has 0 heterocycles. The molecule has 0 atom stereocenters. The Morgan fingerprint density at radius 3 is 2.23 bits per heavy atom. The Hall–Kier alpha value is -3.02. The van der Waals surface area contributed by atoms with Crippen LogP contribution in [-0.2, 0) is 11.3 Å². The molecule has 0 unspecified atom stereocenters. The molecule has 2 rings (SSSR count). The number of ether oxygens (including phenoxy) is 3. The molecule has 0 radical (unpaired) electrons. The average Bonchev–Trinajstić information content (AvgIpc) is 2.66. The summed E-state index contributed by atoms with van der Waals surface area (Å²) in [6.45, 7) is 0.186. The second-order valence-corrected chi connectivity index (χ2v) is 5.58. The minimum absolute atomic E-state index is 0.186. The van der Waals surface area contributed by atoms with Crippen LogP contribution in [0.1, 0.15) is 11.1 Å². The number of hydrogen-bond acceptors (Lipinski definition) is 4. The Balaban J connectivity index is 2.15. The molecule has 0 aromatic heterocycles. The van der Waals surface area contributed by atoms with Crippen LogP contribution < -0.4 is 14.2 Å². The normalized spacial score (nSPS) is 10.7. The van der Waals surface area contributed by atoms with Gasteiger partial charge in [0.25, 0.3) is 0 Å². The first kappa shape index (κ1) is 19.3. The van der Waals surface area contributed by atoms with Crippen LogP contribution in [-0.4, -0.2) is 39.2 Å². The van der Waals surface area contributed by atoms with Gasteiger partial charge in [-0.2, -0.15) is 0 Å². The summed E-state index contributed by atoms with van der Waals surface area (Å²) in [4.78, 5) is 13.7. The topological polar surface area (TPSA) is 48.0 Å². The van der Waals surface area contributed by atoms with Gasteiger partial charge in [-0.15, -0.1) is 0 Å². The SMILES string of the molecule is COc1cc(/C=C/C(=O)N(C)Cc2ccccc2F)cc(OC)c1OC. The van der Waals surface area contributed by atoms with E-state index in [-0.39, 0.29) is 18.3 Å². The van der Waals surface area contributed by atoms with E-state index in [1.165, 1.54) is 38.4 Å². The molecule has 0 fully saturated rings. The first-order valence-corrected chi connectivity index (χ1v) is 7.96. The van der Waals surface area contributed by atoms with Crippen molar-refractivity contribution in [3.8, 4) is 17.2 Å². The maximum absolute atomic E-state index is 13.7. The fourth-order valence-electron chi connectivity index (χ4n) is 2.45. The molecule has 0 aliphatic heterocycles. The maximum Gasteiger partial charge on any atom is 0.246 e. The molecule has 138 valence electrons. The summed E-state index contributed by atoms with van der Waals surface area (Å²) in [5, 5.41) is 0. The van der Waals surface area contributed by atoms with Crippen molar-refractivity contribution >= 4 is 12.0 Å². The molecular formula is C20H22FNO4. The van der Waals surface area contributed by atoms with Gasteiger partial charge in [-0.25, -0.2) is 4.39 Å². The zero-order chi connectivity index (χ0) is 19.1. The third kappa shape index (κ3) is 4.53. The number of carbonyl (C=O) groups excluding carboxylic acids is 1. The summed E-state index contributed by atoms with van der Waals surface area (Å²) in [5.74, 6) is 0.898. The zero-order valence-electron chi connectivity index (χ0n) is 15.3. The molecule has 2 aromatic carbocycles. The molecule has 0 saturated carbocycles. The molecule has 0 bridgehead atoms. The lowest BCUT2D eigenvalue weighted by atomic mass is 10.1. The van der Waals surface area contributed by atoms with Crippen molar-refractivity contribution in [3.63, 3.8) is 0 Å². The molecule has 26 heavy (non-hydrogen) atoms. The van der Waals surface area contributed by atoms with Crippen molar-refractivity contribution in [2.75, 3.05) is 28.4 Å². The Morgan fingerprint density at radius 1 is 1.08 bits per heavy atom. The van der Waals surface area contributed by atoms with E-state index < -0.39 is 0 Å². The quantitative estimate of drug-likeness (QED) is 0.710. The summed E-state index contributed by atoms with van der Waals surface area (Å²) >= 11 is 0. The number of methoxy groups -OCH3 is 3. The van der Waals surface area contributed by atoms with Crippen molar-refractivity contribution in [2.24, 2.45) is 0 Å². The van der Waals surface area contributed by atoms with E-state index in [2.05, 4.69) is 0 Å². The molecule has 0 saturated heterocycles. The predicted octanol–water partition coefficient (Wildman–Crippen LogP) is 3.52. The highest BCUT2D eigenvalue weighted by Crippen LogP contribution is 2.38. The number of halogens is 1. The van der Waals surface area contributed by atoms with Gasteiger partial charge >= 0.3 is 0 Å². The predicted molar refractivity (Wildman–Crippen MR) is 98.0 cm³/mol. The Labute approximate surface area is 152 Å². The number of amides is 1. The summed E-state index contributed by atoms with van der Waals surface area (Å²) in [5.41, 5.74) is 1.18. The van der Waals surface area contributed by atoms with Crippen molar-refractivity contribution in [1.82, 2.24) is 4.90 Å². The average molecular weight is 359 g/mol. The molecule has 0 aliphatic rings. The van der Waals surface area contributed by atoms with Crippen LogP contribution in [0, 0.1) is 5.82 Å². The van der Waals surface area contributed by atoms with Gasteiger partial charge in [0, 0.05) is 25.2 Å². The first-order chi connectivity index (χ1) is 12.5. The van der Waals surface area contributed by atoms with Crippen LogP contribution in [0.5, 0.6) is 17.2 Å². The van der Waals surface area contributed by atoms with Crippen molar-refractivity contribution in [2.45, 2.75) is 6.54 Å². The third-order valence-corrected chi connectivity index (χ3v) is 3.85. The summed E-state index contributed by atoms with van der Waals surface area (Å²) in [6.07, 6.45) is 3.06. The van der Waals surface area contributed by atoms with Gasteiger partial charge in [-0.05, 0) is 29.8 Å². The van der Waals surface area contributed by atoms with E-state index in [9.17, 15) is 9.18 Å². The van der Waals surface area contributed by atoms with Gasteiger partial charge in [-0.1, -0.05) is 18.2 Å². The van der Waals surface area contributed by atoms with E-state index >= 15 is 0 Å². The summed E-state index contributed by atoms with van der Waals surface area (Å²) < 4.78 is 29.6. The van der Waals surface area contributed by atoms with Gasteiger partial charge in [0.1, 0.15) is 5.82 Å². The number of hydrogen-bond donors (Lipinski definition) is 0. The highest BCUT2D eigenvalue weighted by Gasteiger charge is 2.13. The smallest absolute Gasteiger partial charge is 0.246 e. The fourth-order valence-corrected chi connectivity index (χ4v) is 2.45. The van der Waals surface area contributed by atoms with Crippen molar-refractivity contribution in [3.05, 3.63) is 59.4 Å². The van der Waals surface area contributed by atoms with E-state index in [4.69, 9.17) is 14.2 Å². The van der Waals surface area contributed by atoms with Gasteiger partial charge in [-0.3, -0.25) is 4.79 Å². The Kier molecular flexibility index (Phi) is 6.60. The van der Waals surface area contributed by atoms with Crippen LogP contribution in [0.3, 0.4) is 0 Å². The van der Waals surface area contributed by atoms with Crippen molar-refractivity contribution < 1.29 is 23.4 Å². The summed E-state index contributed by atoms with van der Waals surface area (Å²) in [7, 11) is 6.20. The number of likely N-dealkylation sites (N-methyl/N-ethyl adjacent to an activating group) is 1. The van der Waals surface area contributed by atoms with E-state index in [0.29, 0.717) is 28.4 Å². The Bertz CT molecular complexity index is 779. The van der Waals surface area contributed by atoms with E-state index in [1.54, 1.807) is 43.5 Å². The number of carbonyl (C=O) groups is 1. The lowest BCUT2D eigenvalue weighted by Crippen LogP contribution is -2.24. The summed E-state index contributed by atoms with van der Waals surface area (Å²) in [6, 6.07) is 9.86. The van der Waals surface area contributed by atoms with Crippen LogP contribution >= 0.6 is 0 Å². The monoisotopic (exact) mass is 359 g/mol. The van der Waals surface area contributed by atoms with Crippen LogP contribution in [0.2, 0.25) is 0 Å². The van der Waals surface area contributed by atoms with Crippen molar-refractivity contribution in [1.29, 1.82) is 0 Å². The van der Waals surface area contributed by atoms with Gasteiger partial charge in [0.05, 0.1) is 21.3 Å². The molecule has 6 heteroatoms. The lowest BCUT2D eigenvalue weighted by molar-refractivity contribution is -0.125. The lowest BCUT2D eigenvalue weighted by Gasteiger charge is -2.16. The largest absolute Gasteiger partial charge is 0.493 e. The number of benzene rings is 2. The van der Waals surface area contributed by atoms with E-state index in [0.717, 1.165) is 0 Å². The molecule has 5 nitrogen and oxygen atoms in total. The second kappa shape index (κ2) is 8.89. The fraction of sp³-hybridized carbons (Fsp3) is 0.250. The van der Waals surface area contributed by atoms with Gasteiger partial charge in [0.2, 0.25) is 11.7 Å².